The van der Waals surface area contributed by atoms with E-state index < -0.39 is 0 Å². The van der Waals surface area contributed by atoms with Gasteiger partial charge in [-0.05, 0) is 237 Å². The van der Waals surface area contributed by atoms with E-state index in [4.69, 9.17) is 39.9 Å². The van der Waals surface area contributed by atoms with Gasteiger partial charge in [0.25, 0.3) is 0 Å². The summed E-state index contributed by atoms with van der Waals surface area (Å²) in [5.41, 5.74) is 15.5. The van der Waals surface area contributed by atoms with Crippen LogP contribution in [-0.2, 0) is 17.1 Å². The van der Waals surface area contributed by atoms with Crippen molar-refractivity contribution in [1.82, 2.24) is 39.9 Å². The molecule has 8 nitrogen and oxygen atoms in total. The van der Waals surface area contributed by atoms with E-state index in [0.717, 1.165) is 122 Å². The molecule has 0 spiro atoms. The molecular formula is C104H96CuN8S8. The fourth-order valence-electron chi connectivity index (χ4n) is 15.0. The average Bonchev–Trinajstić information content (AvgIpc) is 1.57. The van der Waals surface area contributed by atoms with Crippen molar-refractivity contribution in [1.29, 1.82) is 0 Å². The van der Waals surface area contributed by atoms with Crippen LogP contribution in [0.3, 0.4) is 0 Å². The van der Waals surface area contributed by atoms with Crippen LogP contribution in [0, 0.1) is 0 Å². The topological polar surface area (TPSA) is 106 Å². The van der Waals surface area contributed by atoms with E-state index >= 15 is 0 Å². The smallest absolute Gasteiger partial charge is 0.357 e. The minimum Gasteiger partial charge on any atom is -0.357 e. The summed E-state index contributed by atoms with van der Waals surface area (Å²) < 4.78 is 0. The van der Waals surface area contributed by atoms with Crippen molar-refractivity contribution >= 4 is 138 Å². The Kier molecular flexibility index (Phi) is 26.3. The molecule has 17 rings (SSSR count). The summed E-state index contributed by atoms with van der Waals surface area (Å²) in [5.74, 6) is 4.79. The van der Waals surface area contributed by atoms with Crippen LogP contribution in [-0.4, -0.2) is 29.9 Å². The largest absolute Gasteiger partial charge is 2.00 e. The molecule has 5 heterocycles. The second kappa shape index (κ2) is 37.0. The molecule has 611 valence electrons. The minimum atomic E-state index is 0. The summed E-state index contributed by atoms with van der Waals surface area (Å²) in [6.07, 6.45) is 0. The van der Waals surface area contributed by atoms with E-state index in [2.05, 4.69) is 353 Å². The van der Waals surface area contributed by atoms with E-state index in [1.807, 2.05) is 0 Å². The van der Waals surface area contributed by atoms with Gasteiger partial charge in [-0.1, -0.05) is 302 Å². The molecule has 1 radical (unpaired) electrons. The molecule has 3 aromatic heterocycles. The van der Waals surface area contributed by atoms with Crippen molar-refractivity contribution in [2.75, 3.05) is 0 Å². The van der Waals surface area contributed by atoms with Crippen LogP contribution < -0.4 is 9.97 Å². The van der Waals surface area contributed by atoms with Crippen LogP contribution in [0.1, 0.15) is 203 Å². The summed E-state index contributed by atoms with van der Waals surface area (Å²) in [6, 6.07) is 90.1. The molecule has 0 unspecified atom stereocenters. The predicted octanol–water partition coefficient (Wildman–Crippen LogP) is 32.3. The monoisotopic (exact) mass is 1780 g/mol. The van der Waals surface area contributed by atoms with Gasteiger partial charge in [-0.25, -0.2) is 9.97 Å². The molecule has 0 saturated carbocycles. The zero-order valence-corrected chi connectivity index (χ0v) is 78.3. The first-order valence-electron chi connectivity index (χ1n) is 41.6. The molecular weight excluding hydrogens is 1680 g/mol. The molecule has 0 atom stereocenters. The van der Waals surface area contributed by atoms with E-state index in [9.17, 15) is 0 Å². The van der Waals surface area contributed by atoms with E-state index in [0.29, 0.717) is 93.2 Å². The molecule has 0 N–H and O–H groups in total. The van der Waals surface area contributed by atoms with Gasteiger partial charge in [0.2, 0.25) is 0 Å². The van der Waals surface area contributed by atoms with Gasteiger partial charge in [0.05, 0.1) is 23.3 Å². The number of benzene rings is 12. The second-order valence-corrected chi connectivity index (χ2v) is 42.3. The Morgan fingerprint density at radius 3 is 0.446 bits per heavy atom. The van der Waals surface area contributed by atoms with Crippen LogP contribution in [0.4, 0.5) is 0 Å². The number of rotatable bonds is 24. The molecule has 0 amide bonds. The van der Waals surface area contributed by atoms with Crippen LogP contribution in [0.2, 0.25) is 0 Å². The molecule has 0 saturated heterocycles. The van der Waals surface area contributed by atoms with Gasteiger partial charge in [0, 0.05) is 145 Å². The number of fused-ring (bicyclic) bond motifs is 20. The quantitative estimate of drug-likeness (QED) is 0.0535. The third kappa shape index (κ3) is 18.6. The van der Waals surface area contributed by atoms with Crippen LogP contribution in [0.25, 0.3) is 89.7 Å². The Labute approximate surface area is 757 Å². The molecule has 12 aromatic carbocycles. The van der Waals surface area contributed by atoms with Crippen molar-refractivity contribution in [3.8, 4) is 45.6 Å². The maximum Gasteiger partial charge on any atom is 2.00 e. The first kappa shape index (κ1) is 85.9. The van der Waals surface area contributed by atoms with Crippen molar-refractivity contribution < 1.29 is 17.1 Å². The Bertz CT molecular complexity index is 5720. The van der Waals surface area contributed by atoms with Crippen LogP contribution in [0.15, 0.2) is 321 Å². The number of hydrogen-bond acceptors (Lipinski definition) is 14. The van der Waals surface area contributed by atoms with E-state index in [-0.39, 0.29) is 17.1 Å². The molecule has 2 aliphatic heterocycles. The van der Waals surface area contributed by atoms with Crippen LogP contribution in [0.5, 0.6) is 0 Å². The maximum absolute atomic E-state index is 6.07. The molecule has 17 heteroatoms. The third-order valence-corrected chi connectivity index (χ3v) is 30.7. The first-order chi connectivity index (χ1) is 58.0. The summed E-state index contributed by atoms with van der Waals surface area (Å²) >= 11 is 13.7. The van der Waals surface area contributed by atoms with Gasteiger partial charge in [-0.15, -0.1) is 0 Å². The molecule has 121 heavy (non-hydrogen) atoms. The van der Waals surface area contributed by atoms with Crippen molar-refractivity contribution in [2.24, 2.45) is 0 Å². The zero-order valence-electron chi connectivity index (χ0n) is 70.9. The van der Waals surface area contributed by atoms with E-state index in [1.165, 1.54) is 44.5 Å². The van der Waals surface area contributed by atoms with Crippen LogP contribution >= 0.6 is 94.1 Å². The van der Waals surface area contributed by atoms with Gasteiger partial charge in [-0.2, -0.15) is 0 Å². The number of nitrogens with zero attached hydrogens (tertiary/aromatic N) is 8. The second-order valence-electron chi connectivity index (χ2n) is 33.3. The van der Waals surface area contributed by atoms with Crippen molar-refractivity contribution in [3.63, 3.8) is 0 Å². The summed E-state index contributed by atoms with van der Waals surface area (Å²) in [5, 5.41) is 3.41. The average molecular weight is 1780 g/mol. The summed E-state index contributed by atoms with van der Waals surface area (Å²) in [7, 11) is 0. The molecule has 15 aromatic rings. The minimum absolute atomic E-state index is 0. The molecule has 0 fully saturated rings. The standard InChI is InChI=1S/C104H96N8S8.Cu/c1-57(2)65-17-33-73(34-18-65)113-81-49-50-82(114-74-35-19-66(20-36-74)58(3)4)90-89(81)97-105-98(90)110-100-93-85(117-77-41-25-69(26-42-77)61(9)10)53-54-86(118-78-43-27-70(28-44-78)62(11)12)94(93)102(107-100)112-104-96-88(120-80-47-31-72(32-48-80)64(15)16)56-55-87(119-79-45-29-71(30-46-79)63(13)14)95(96)103(108-104)111-101-92-84(116-76-39-23-68(24-40-76)60(7)8)52-51-83(91(92)99(106-101)109-97)115-75-37-21-67(22-38-75)59(5)6;/h17-64H,1-16H3;/q-2;+2. The molecule has 8 bridgehead atoms. The predicted molar refractivity (Wildman–Crippen MR) is 511 cm³/mol. The van der Waals surface area contributed by atoms with Crippen molar-refractivity contribution in [2.45, 2.75) is 236 Å². The third-order valence-electron chi connectivity index (χ3n) is 22.2. The van der Waals surface area contributed by atoms with Gasteiger partial charge >= 0.3 is 17.1 Å². The van der Waals surface area contributed by atoms with Gasteiger partial charge in [0.1, 0.15) is 0 Å². The normalized spacial score (nSPS) is 12.1. The summed E-state index contributed by atoms with van der Waals surface area (Å²) in [4.78, 5) is 64.5. The fraction of sp³-hybridized carbons (Fsp3) is 0.231. The molecule has 0 aliphatic carbocycles. The number of hydrogen-bond donors (Lipinski definition) is 0. The number of aromatic nitrogens is 8. The Hall–Kier alpha value is -8.68. The summed E-state index contributed by atoms with van der Waals surface area (Å²) in [6.45, 7) is 36.0. The van der Waals surface area contributed by atoms with Gasteiger partial charge in [-0.3, -0.25) is 0 Å². The zero-order chi connectivity index (χ0) is 83.3. The van der Waals surface area contributed by atoms with E-state index in [1.54, 1.807) is 94.1 Å². The maximum atomic E-state index is 6.07. The van der Waals surface area contributed by atoms with Gasteiger partial charge < -0.3 is 29.9 Å². The Morgan fingerprint density at radius 1 is 0.174 bits per heavy atom. The SMILES string of the molecule is CC(C)c1ccc(Sc2ccc(Sc3ccc(C(C)C)cc3)c3c2-c2nc-3nc3[n-]c(nc4nc(nc5[n-]c(n2)c2c(Sc6ccc(C(C)C)cc6)ccc(Sc6ccc(C(C)C)cc6)c52)-c2c(Sc5ccc(C(C)C)cc5)ccc(Sc5ccc(C(C)C)cc5)c2-4)c2c(Sc4ccc(C(C)C)cc4)ccc(Sc4ccc(C(C)C)cc4)c32)cc1.[Cu+2]. The van der Waals surface area contributed by atoms with Gasteiger partial charge in [0.15, 0.2) is 0 Å². The van der Waals surface area contributed by atoms with Crippen molar-refractivity contribution in [3.05, 3.63) is 287 Å². The Morgan fingerprint density at radius 2 is 0.306 bits per heavy atom. The first-order valence-corrected chi connectivity index (χ1v) is 48.1. The Balaban J connectivity index is 0.0000109. The fourth-order valence-corrected chi connectivity index (χ4v) is 22.7. The molecule has 2 aliphatic rings.